The van der Waals surface area contributed by atoms with E-state index in [4.69, 9.17) is 12.2 Å². The first-order valence-corrected chi connectivity index (χ1v) is 7.78. The Bertz CT molecular complexity index is 931. The summed E-state index contributed by atoms with van der Waals surface area (Å²) in [5.41, 5.74) is 4.56. The van der Waals surface area contributed by atoms with Crippen LogP contribution in [0.1, 0.15) is 18.1 Å². The van der Waals surface area contributed by atoms with Gasteiger partial charge in [0.25, 0.3) is 0 Å². The van der Waals surface area contributed by atoms with Crippen LogP contribution in [0, 0.1) is 16.1 Å². The van der Waals surface area contributed by atoms with Crippen molar-refractivity contribution in [2.75, 3.05) is 0 Å². The summed E-state index contributed by atoms with van der Waals surface area (Å²) in [6.45, 7) is 2.12. The summed E-state index contributed by atoms with van der Waals surface area (Å²) in [6, 6.07) is 14.0. The standard InChI is InChI=1S/C16H12BrN3S/c1-2-10-8-12(17)6-7-13(10)20-14-5-3-4-11(9-18)15(14)19-16(20)21/h3-8H,2H2,1H3,(H,19,21). The second-order valence-electron chi connectivity index (χ2n) is 4.70. The quantitative estimate of drug-likeness (QED) is 0.664. The van der Waals surface area contributed by atoms with Gasteiger partial charge >= 0.3 is 0 Å². The molecule has 104 valence electrons. The van der Waals surface area contributed by atoms with E-state index in [2.05, 4.69) is 40.0 Å². The number of H-pyrrole nitrogens is 1. The number of para-hydroxylation sites is 1. The number of aryl methyl sites for hydroxylation is 1. The van der Waals surface area contributed by atoms with Crippen molar-refractivity contribution in [2.24, 2.45) is 0 Å². The summed E-state index contributed by atoms with van der Waals surface area (Å²) in [7, 11) is 0. The molecule has 0 bridgehead atoms. The number of imidazole rings is 1. The van der Waals surface area contributed by atoms with Gasteiger partial charge in [-0.2, -0.15) is 5.26 Å². The van der Waals surface area contributed by atoms with E-state index >= 15 is 0 Å². The summed E-state index contributed by atoms with van der Waals surface area (Å²) in [6.07, 6.45) is 0.904. The Morgan fingerprint density at radius 1 is 1.33 bits per heavy atom. The molecule has 0 aliphatic rings. The van der Waals surface area contributed by atoms with Gasteiger partial charge < -0.3 is 4.98 Å². The van der Waals surface area contributed by atoms with Gasteiger partial charge in [-0.05, 0) is 54.5 Å². The van der Waals surface area contributed by atoms with Gasteiger partial charge in [0.05, 0.1) is 22.3 Å². The second-order valence-corrected chi connectivity index (χ2v) is 6.01. The molecule has 0 atom stereocenters. The van der Waals surface area contributed by atoms with Crippen LogP contribution < -0.4 is 0 Å². The molecule has 2 aromatic carbocycles. The Kier molecular flexibility index (Phi) is 3.66. The van der Waals surface area contributed by atoms with E-state index in [0.717, 1.165) is 27.6 Å². The fourth-order valence-corrected chi connectivity index (χ4v) is 3.23. The normalized spacial score (nSPS) is 10.7. The molecule has 21 heavy (non-hydrogen) atoms. The minimum absolute atomic E-state index is 0.602. The monoisotopic (exact) mass is 357 g/mol. The lowest BCUT2D eigenvalue weighted by Crippen LogP contribution is -1.99. The lowest BCUT2D eigenvalue weighted by atomic mass is 10.1. The summed E-state index contributed by atoms with van der Waals surface area (Å²) < 4.78 is 3.65. The predicted molar refractivity (Wildman–Crippen MR) is 90.3 cm³/mol. The molecule has 3 aromatic rings. The first-order valence-electron chi connectivity index (χ1n) is 6.58. The van der Waals surface area contributed by atoms with Crippen LogP contribution in [0.5, 0.6) is 0 Å². The summed E-state index contributed by atoms with van der Waals surface area (Å²) in [5, 5.41) is 9.22. The maximum atomic E-state index is 9.22. The van der Waals surface area contributed by atoms with Crippen LogP contribution in [0.2, 0.25) is 0 Å². The summed E-state index contributed by atoms with van der Waals surface area (Å²) >= 11 is 8.97. The van der Waals surface area contributed by atoms with E-state index in [1.54, 1.807) is 6.07 Å². The van der Waals surface area contributed by atoms with Crippen LogP contribution in [0.15, 0.2) is 40.9 Å². The average molecular weight is 358 g/mol. The third kappa shape index (κ3) is 2.31. The topological polar surface area (TPSA) is 44.5 Å². The molecule has 1 aromatic heterocycles. The van der Waals surface area contributed by atoms with Gasteiger partial charge in [0.2, 0.25) is 0 Å². The van der Waals surface area contributed by atoms with Crippen molar-refractivity contribution in [3.63, 3.8) is 0 Å². The zero-order chi connectivity index (χ0) is 15.0. The first-order chi connectivity index (χ1) is 10.2. The van der Waals surface area contributed by atoms with Gasteiger partial charge in [-0.25, -0.2) is 0 Å². The zero-order valence-electron chi connectivity index (χ0n) is 11.4. The van der Waals surface area contributed by atoms with Crippen LogP contribution in [0.4, 0.5) is 0 Å². The largest absolute Gasteiger partial charge is 0.329 e. The van der Waals surface area contributed by atoms with Gasteiger partial charge in [-0.3, -0.25) is 4.57 Å². The van der Waals surface area contributed by atoms with Gasteiger partial charge in [0.1, 0.15) is 6.07 Å². The van der Waals surface area contributed by atoms with Crippen molar-refractivity contribution in [3.8, 4) is 11.8 Å². The molecule has 0 fully saturated rings. The molecular weight excluding hydrogens is 346 g/mol. The van der Waals surface area contributed by atoms with Crippen molar-refractivity contribution in [1.29, 1.82) is 5.26 Å². The fraction of sp³-hybridized carbons (Fsp3) is 0.125. The van der Waals surface area contributed by atoms with Gasteiger partial charge in [-0.1, -0.05) is 28.9 Å². The Balaban J connectivity index is 2.39. The third-order valence-corrected chi connectivity index (χ3v) is 4.28. The highest BCUT2D eigenvalue weighted by Gasteiger charge is 2.12. The van der Waals surface area contributed by atoms with E-state index in [1.807, 2.05) is 28.8 Å². The molecule has 5 heteroatoms. The fourth-order valence-electron chi connectivity index (χ4n) is 2.52. The SMILES string of the molecule is CCc1cc(Br)ccc1-n1c(=S)[nH]c2c(C#N)cccc21. The number of nitriles is 1. The number of hydrogen-bond donors (Lipinski definition) is 1. The molecule has 1 heterocycles. The third-order valence-electron chi connectivity index (χ3n) is 3.50. The molecule has 0 unspecified atom stereocenters. The highest BCUT2D eigenvalue weighted by Crippen LogP contribution is 2.26. The Hall–Kier alpha value is -1.90. The maximum absolute atomic E-state index is 9.22. The second kappa shape index (κ2) is 5.47. The van der Waals surface area contributed by atoms with Gasteiger partial charge in [-0.15, -0.1) is 0 Å². The number of aromatic amines is 1. The highest BCUT2D eigenvalue weighted by molar-refractivity contribution is 9.10. The Labute approximate surface area is 136 Å². The van der Waals surface area contributed by atoms with Crippen molar-refractivity contribution in [2.45, 2.75) is 13.3 Å². The van der Waals surface area contributed by atoms with Crippen molar-refractivity contribution in [3.05, 3.63) is 56.8 Å². The van der Waals surface area contributed by atoms with Gasteiger partial charge in [0.15, 0.2) is 4.77 Å². The number of nitrogens with zero attached hydrogens (tertiary/aromatic N) is 2. The van der Waals surface area contributed by atoms with Crippen molar-refractivity contribution < 1.29 is 0 Å². The van der Waals surface area contributed by atoms with E-state index in [1.165, 1.54) is 5.56 Å². The number of nitrogens with one attached hydrogen (secondary N) is 1. The lowest BCUT2D eigenvalue weighted by molar-refractivity contribution is 1.01. The molecule has 0 aliphatic carbocycles. The molecule has 0 radical (unpaired) electrons. The number of benzene rings is 2. The van der Waals surface area contributed by atoms with E-state index in [0.29, 0.717) is 10.3 Å². The molecule has 0 amide bonds. The van der Waals surface area contributed by atoms with E-state index in [9.17, 15) is 5.26 Å². The molecule has 3 nitrogen and oxygen atoms in total. The number of fused-ring (bicyclic) bond motifs is 1. The molecule has 0 aliphatic heterocycles. The van der Waals surface area contributed by atoms with E-state index in [-0.39, 0.29) is 0 Å². The smallest absolute Gasteiger partial charge is 0.182 e. The zero-order valence-corrected chi connectivity index (χ0v) is 13.8. The number of halogens is 1. The molecule has 0 saturated carbocycles. The highest BCUT2D eigenvalue weighted by atomic mass is 79.9. The predicted octanol–water partition coefficient (Wildman–Crippen LogP) is 4.88. The van der Waals surface area contributed by atoms with Crippen molar-refractivity contribution in [1.82, 2.24) is 9.55 Å². The number of aromatic nitrogens is 2. The van der Waals surface area contributed by atoms with Crippen LogP contribution in [0.25, 0.3) is 16.7 Å². The van der Waals surface area contributed by atoms with E-state index < -0.39 is 0 Å². The summed E-state index contributed by atoms with van der Waals surface area (Å²) in [5.74, 6) is 0. The molecular formula is C16H12BrN3S. The van der Waals surface area contributed by atoms with Crippen molar-refractivity contribution >= 4 is 39.2 Å². The minimum Gasteiger partial charge on any atom is -0.329 e. The first kappa shape index (κ1) is 14.1. The summed E-state index contributed by atoms with van der Waals surface area (Å²) in [4.78, 5) is 3.15. The van der Waals surface area contributed by atoms with Crippen LogP contribution in [-0.2, 0) is 6.42 Å². The molecule has 0 saturated heterocycles. The molecule has 0 spiro atoms. The molecule has 3 rings (SSSR count). The minimum atomic E-state index is 0.602. The maximum Gasteiger partial charge on any atom is 0.182 e. The Morgan fingerprint density at radius 2 is 2.14 bits per heavy atom. The van der Waals surface area contributed by atoms with Crippen LogP contribution >= 0.6 is 28.1 Å². The van der Waals surface area contributed by atoms with Crippen LogP contribution in [-0.4, -0.2) is 9.55 Å². The molecule has 1 N–H and O–H groups in total. The van der Waals surface area contributed by atoms with Gasteiger partial charge in [0, 0.05) is 4.47 Å². The lowest BCUT2D eigenvalue weighted by Gasteiger charge is -2.10. The number of rotatable bonds is 2. The van der Waals surface area contributed by atoms with Crippen LogP contribution in [0.3, 0.4) is 0 Å². The Morgan fingerprint density at radius 3 is 2.86 bits per heavy atom. The number of hydrogen-bond acceptors (Lipinski definition) is 2. The average Bonchev–Trinajstić information content (AvgIpc) is 2.83.